The molecule has 0 bridgehead atoms. The second-order valence-corrected chi connectivity index (χ2v) is 9.69. The molecule has 2 aliphatic heterocycles. The van der Waals surface area contributed by atoms with Crippen LogP contribution in [-0.2, 0) is 21.4 Å². The average molecular weight is 430 g/mol. The van der Waals surface area contributed by atoms with E-state index in [0.29, 0.717) is 30.9 Å². The second kappa shape index (κ2) is 8.65. The first-order valence-electron chi connectivity index (χ1n) is 10.2. The summed E-state index contributed by atoms with van der Waals surface area (Å²) in [7, 11) is -3.45. The van der Waals surface area contributed by atoms with Crippen molar-refractivity contribution in [2.24, 2.45) is 0 Å². The van der Waals surface area contributed by atoms with E-state index < -0.39 is 16.1 Å². The van der Waals surface area contributed by atoms with Crippen molar-refractivity contribution in [1.82, 2.24) is 9.80 Å². The summed E-state index contributed by atoms with van der Waals surface area (Å²) in [5.41, 5.74) is 1.75. The van der Waals surface area contributed by atoms with E-state index in [1.165, 1.54) is 16.1 Å². The number of piperazine rings is 1. The van der Waals surface area contributed by atoms with E-state index in [0.717, 1.165) is 19.6 Å². The molecule has 7 nitrogen and oxygen atoms in total. The van der Waals surface area contributed by atoms with Crippen molar-refractivity contribution in [1.29, 1.82) is 0 Å². The fraction of sp³-hybridized carbons (Fsp3) is 0.409. The van der Waals surface area contributed by atoms with Gasteiger partial charge in [-0.1, -0.05) is 42.5 Å². The van der Waals surface area contributed by atoms with Crippen LogP contribution in [0.25, 0.3) is 0 Å². The molecule has 0 saturated carbocycles. The van der Waals surface area contributed by atoms with Crippen molar-refractivity contribution in [3.8, 4) is 5.75 Å². The maximum absolute atomic E-state index is 13.2. The molecule has 4 rings (SSSR count). The lowest BCUT2D eigenvalue weighted by Gasteiger charge is -2.36. The molecule has 30 heavy (non-hydrogen) atoms. The largest absolute Gasteiger partial charge is 0.478 e. The van der Waals surface area contributed by atoms with E-state index in [1.54, 1.807) is 24.3 Å². The second-order valence-electron chi connectivity index (χ2n) is 7.79. The van der Waals surface area contributed by atoms with Crippen LogP contribution >= 0.6 is 0 Å². The molecular weight excluding hydrogens is 402 g/mol. The Morgan fingerprint density at radius 1 is 0.967 bits per heavy atom. The number of anilines is 1. The molecule has 1 amide bonds. The van der Waals surface area contributed by atoms with E-state index in [1.807, 2.05) is 23.1 Å². The summed E-state index contributed by atoms with van der Waals surface area (Å²) in [6.07, 6.45) is 0.821. The number of amides is 1. The van der Waals surface area contributed by atoms with Gasteiger partial charge in [0.25, 0.3) is 5.91 Å². The molecule has 2 aromatic rings. The lowest BCUT2D eigenvalue weighted by Crippen LogP contribution is -2.52. The molecule has 1 saturated heterocycles. The fourth-order valence-corrected chi connectivity index (χ4v) is 4.97. The first kappa shape index (κ1) is 20.7. The lowest BCUT2D eigenvalue weighted by molar-refractivity contribution is -0.140. The summed E-state index contributed by atoms with van der Waals surface area (Å²) in [6, 6.07) is 17.3. The van der Waals surface area contributed by atoms with Gasteiger partial charge in [0.05, 0.1) is 11.9 Å². The molecule has 0 radical (unpaired) electrons. The van der Waals surface area contributed by atoms with Gasteiger partial charge >= 0.3 is 0 Å². The summed E-state index contributed by atoms with van der Waals surface area (Å²) in [5.74, 6) is 0.362. The van der Waals surface area contributed by atoms with Crippen LogP contribution in [0.15, 0.2) is 54.6 Å². The highest BCUT2D eigenvalue weighted by atomic mass is 32.2. The third kappa shape index (κ3) is 4.60. The number of carbonyl (C=O) groups is 1. The maximum Gasteiger partial charge on any atom is 0.263 e. The van der Waals surface area contributed by atoms with Crippen LogP contribution in [0, 0.1) is 0 Å². The smallest absolute Gasteiger partial charge is 0.263 e. The number of hydrogen-bond donors (Lipinski definition) is 0. The topological polar surface area (TPSA) is 70.2 Å². The number of fused-ring (bicyclic) bond motifs is 1. The highest BCUT2D eigenvalue weighted by Gasteiger charge is 2.34. The molecule has 0 unspecified atom stereocenters. The van der Waals surface area contributed by atoms with E-state index >= 15 is 0 Å². The zero-order chi connectivity index (χ0) is 21.1. The van der Waals surface area contributed by atoms with Gasteiger partial charge in [0, 0.05) is 45.7 Å². The number of para-hydroxylation sites is 2. The Kier molecular flexibility index (Phi) is 5.97. The summed E-state index contributed by atoms with van der Waals surface area (Å²) < 4.78 is 31.8. The van der Waals surface area contributed by atoms with Crippen LogP contribution in [0.5, 0.6) is 5.75 Å². The van der Waals surface area contributed by atoms with Gasteiger partial charge in [0.15, 0.2) is 6.10 Å². The molecule has 8 heteroatoms. The number of hydrogen-bond acceptors (Lipinski definition) is 5. The van der Waals surface area contributed by atoms with Crippen molar-refractivity contribution in [3.05, 3.63) is 60.2 Å². The zero-order valence-electron chi connectivity index (χ0n) is 17.1. The van der Waals surface area contributed by atoms with Crippen molar-refractivity contribution in [2.75, 3.05) is 43.3 Å². The summed E-state index contributed by atoms with van der Waals surface area (Å²) in [4.78, 5) is 17.3. The molecule has 0 spiro atoms. The van der Waals surface area contributed by atoms with Gasteiger partial charge < -0.3 is 9.64 Å². The van der Waals surface area contributed by atoms with Gasteiger partial charge in [-0.05, 0) is 17.7 Å². The molecule has 2 heterocycles. The van der Waals surface area contributed by atoms with Gasteiger partial charge in [0.2, 0.25) is 10.0 Å². The summed E-state index contributed by atoms with van der Waals surface area (Å²) >= 11 is 0. The molecule has 160 valence electrons. The SMILES string of the molecule is CS(=O)(=O)N1CC[C@@H](C(=O)N2CCN(Cc3ccccc3)CC2)Oc2ccccc21. The number of nitrogens with zero attached hydrogens (tertiary/aromatic N) is 3. The standard InChI is InChI=1S/C22H27N3O4S/c1-30(27,28)25-12-11-21(29-20-10-6-5-9-19(20)25)22(26)24-15-13-23(14-16-24)17-18-7-3-2-4-8-18/h2-10,21H,11-17H2,1H3/t21-/m0/s1. The number of rotatable bonds is 4. The molecule has 0 aromatic heterocycles. The predicted molar refractivity (Wildman–Crippen MR) is 116 cm³/mol. The van der Waals surface area contributed by atoms with E-state index in [4.69, 9.17) is 4.74 Å². The van der Waals surface area contributed by atoms with Gasteiger partial charge in [-0.25, -0.2) is 8.42 Å². The minimum absolute atomic E-state index is 0.0699. The molecular formula is C22H27N3O4S. The van der Waals surface area contributed by atoms with Crippen molar-refractivity contribution in [2.45, 2.75) is 19.1 Å². The Labute approximate surface area is 177 Å². The van der Waals surface area contributed by atoms with Gasteiger partial charge in [0.1, 0.15) is 5.75 Å². The third-order valence-corrected chi connectivity index (χ3v) is 6.79. The van der Waals surface area contributed by atoms with Gasteiger partial charge in [-0.2, -0.15) is 0 Å². The van der Waals surface area contributed by atoms with Crippen LogP contribution < -0.4 is 9.04 Å². The molecule has 1 fully saturated rings. The van der Waals surface area contributed by atoms with Crippen LogP contribution in [0.2, 0.25) is 0 Å². The Morgan fingerprint density at radius 3 is 2.33 bits per heavy atom. The van der Waals surface area contributed by atoms with Gasteiger partial charge in [-0.15, -0.1) is 0 Å². The highest BCUT2D eigenvalue weighted by Crippen LogP contribution is 2.34. The van der Waals surface area contributed by atoms with Crippen molar-refractivity contribution >= 4 is 21.6 Å². The number of benzene rings is 2. The van der Waals surface area contributed by atoms with Crippen molar-refractivity contribution < 1.29 is 17.9 Å². The van der Waals surface area contributed by atoms with Crippen LogP contribution in [0.3, 0.4) is 0 Å². The summed E-state index contributed by atoms with van der Waals surface area (Å²) in [6.45, 7) is 3.99. The average Bonchev–Trinajstić information content (AvgIpc) is 2.94. The number of carbonyl (C=O) groups excluding carboxylic acids is 1. The predicted octanol–water partition coefficient (Wildman–Crippen LogP) is 1.95. The summed E-state index contributed by atoms with van der Waals surface area (Å²) in [5, 5.41) is 0. The van der Waals surface area contributed by atoms with E-state index in [2.05, 4.69) is 17.0 Å². The van der Waals surface area contributed by atoms with Crippen LogP contribution in [-0.4, -0.2) is 69.2 Å². The minimum atomic E-state index is -3.45. The highest BCUT2D eigenvalue weighted by molar-refractivity contribution is 7.92. The normalized spacial score (nSPS) is 20.2. The van der Waals surface area contributed by atoms with E-state index in [9.17, 15) is 13.2 Å². The Bertz CT molecular complexity index is 988. The molecule has 2 aliphatic rings. The first-order valence-corrected chi connectivity index (χ1v) is 12.0. The quantitative estimate of drug-likeness (QED) is 0.743. The monoisotopic (exact) mass is 429 g/mol. The van der Waals surface area contributed by atoms with Crippen LogP contribution in [0.1, 0.15) is 12.0 Å². The van der Waals surface area contributed by atoms with E-state index in [-0.39, 0.29) is 12.5 Å². The third-order valence-electron chi connectivity index (χ3n) is 5.61. The van der Waals surface area contributed by atoms with Crippen molar-refractivity contribution in [3.63, 3.8) is 0 Å². The molecule has 0 aliphatic carbocycles. The number of sulfonamides is 1. The maximum atomic E-state index is 13.2. The molecule has 2 aromatic carbocycles. The Morgan fingerprint density at radius 2 is 1.63 bits per heavy atom. The Balaban J connectivity index is 1.41. The zero-order valence-corrected chi connectivity index (χ0v) is 17.9. The Hall–Kier alpha value is -2.58. The fourth-order valence-electron chi connectivity index (χ4n) is 4.02. The number of ether oxygens (including phenoxy) is 1. The molecule has 1 atom stereocenters. The molecule has 0 N–H and O–H groups in total. The minimum Gasteiger partial charge on any atom is -0.478 e. The van der Waals surface area contributed by atoms with Gasteiger partial charge in [-0.3, -0.25) is 14.0 Å². The first-order chi connectivity index (χ1) is 14.4. The van der Waals surface area contributed by atoms with Crippen LogP contribution in [0.4, 0.5) is 5.69 Å². The lowest BCUT2D eigenvalue weighted by atomic mass is 10.1.